The molecule has 0 bridgehead atoms. The molecule has 0 aliphatic carbocycles. The highest BCUT2D eigenvalue weighted by atomic mass is 35.5. The van der Waals surface area contributed by atoms with Gasteiger partial charge in [0, 0.05) is 30.6 Å². The summed E-state index contributed by atoms with van der Waals surface area (Å²) in [4.78, 5) is 0.226. The van der Waals surface area contributed by atoms with E-state index in [0.717, 1.165) is 0 Å². The van der Waals surface area contributed by atoms with E-state index < -0.39 is 10.0 Å². The minimum Gasteiger partial charge on any atom is -0.455 e. The van der Waals surface area contributed by atoms with Crippen LogP contribution in [0.15, 0.2) is 59.5 Å². The summed E-state index contributed by atoms with van der Waals surface area (Å²) in [5, 5.41) is 1.65. The Morgan fingerprint density at radius 1 is 0.960 bits per heavy atom. The highest BCUT2D eigenvalue weighted by Gasteiger charge is 2.21. The van der Waals surface area contributed by atoms with Crippen LogP contribution in [0, 0.1) is 0 Å². The molecule has 2 N–H and O–H groups in total. The lowest BCUT2D eigenvalue weighted by molar-refractivity contribution is 0.488. The molecular formula is C18H17ClN2O3S. The van der Waals surface area contributed by atoms with E-state index in [1.165, 1.54) is 24.5 Å². The molecule has 0 atom stereocenters. The zero-order valence-electron chi connectivity index (χ0n) is 13.7. The highest BCUT2D eigenvalue weighted by molar-refractivity contribution is 7.89. The monoisotopic (exact) mass is 376 g/mol. The molecule has 3 aromatic rings. The number of anilines is 1. The lowest BCUT2D eigenvalue weighted by atomic mass is 10.1. The molecule has 0 saturated carbocycles. The van der Waals surface area contributed by atoms with Gasteiger partial charge in [-0.3, -0.25) is 0 Å². The maximum Gasteiger partial charge on any atom is 0.243 e. The molecule has 0 radical (unpaired) electrons. The van der Waals surface area contributed by atoms with Crippen LogP contribution in [0.4, 0.5) is 5.69 Å². The summed E-state index contributed by atoms with van der Waals surface area (Å²) in [7, 11) is -0.566. The van der Waals surface area contributed by atoms with Crippen molar-refractivity contribution >= 4 is 38.1 Å². The minimum absolute atomic E-state index is 0.226. The van der Waals surface area contributed by atoms with Crippen molar-refractivity contribution in [1.82, 2.24) is 4.31 Å². The Kier molecular flexibility index (Phi) is 4.60. The second kappa shape index (κ2) is 6.55. The van der Waals surface area contributed by atoms with Gasteiger partial charge in [-0.05, 0) is 30.3 Å². The molecule has 3 rings (SSSR count). The number of nitrogens with two attached hydrogens (primary N) is 1. The molecule has 0 aliphatic rings. The number of hydrogen-bond donors (Lipinski definition) is 1. The molecule has 5 nitrogen and oxygen atoms in total. The molecule has 0 amide bonds. The molecule has 0 saturated heterocycles. The molecule has 0 heterocycles. The van der Waals surface area contributed by atoms with Crippen molar-refractivity contribution in [2.75, 3.05) is 19.8 Å². The first-order valence-corrected chi connectivity index (χ1v) is 9.29. The van der Waals surface area contributed by atoms with Gasteiger partial charge in [-0.15, -0.1) is 0 Å². The normalized spacial score (nSPS) is 11.8. The fraction of sp³-hybridized carbons (Fsp3) is 0.111. The van der Waals surface area contributed by atoms with Crippen molar-refractivity contribution in [1.29, 1.82) is 0 Å². The van der Waals surface area contributed by atoms with Gasteiger partial charge in [0.25, 0.3) is 0 Å². The molecule has 0 aromatic heterocycles. The molecular weight excluding hydrogens is 360 g/mol. The number of benzene rings is 3. The van der Waals surface area contributed by atoms with Crippen molar-refractivity contribution in [3.63, 3.8) is 0 Å². The highest BCUT2D eigenvalue weighted by Crippen LogP contribution is 2.37. The standard InChI is InChI=1S/C18H17ClN2O3S/c1-21(2)25(22,23)18-10-9-16(13-5-3-4-6-14(13)18)24-17-8-7-12(20)11-15(17)19/h3-11H,20H2,1-2H3. The van der Waals surface area contributed by atoms with Crippen molar-refractivity contribution in [2.45, 2.75) is 4.90 Å². The predicted octanol–water partition coefficient (Wildman–Crippen LogP) is 4.12. The lowest BCUT2D eigenvalue weighted by Gasteiger charge is -2.16. The third-order valence-electron chi connectivity index (χ3n) is 3.78. The molecule has 7 heteroatoms. The second-order valence-corrected chi connectivity index (χ2v) is 8.21. The maximum atomic E-state index is 12.6. The Morgan fingerprint density at radius 2 is 1.60 bits per heavy atom. The van der Waals surface area contributed by atoms with Crippen LogP contribution in [0.25, 0.3) is 10.8 Å². The quantitative estimate of drug-likeness (QED) is 0.695. The number of rotatable bonds is 4. The van der Waals surface area contributed by atoms with Crippen LogP contribution in [0.1, 0.15) is 0 Å². The summed E-state index contributed by atoms with van der Waals surface area (Å²) in [5.74, 6) is 0.962. The third-order valence-corrected chi connectivity index (χ3v) is 5.95. The van der Waals surface area contributed by atoms with Crippen LogP contribution in [-0.2, 0) is 10.0 Å². The molecule has 0 aliphatic heterocycles. The van der Waals surface area contributed by atoms with E-state index in [1.807, 2.05) is 12.1 Å². The Balaban J connectivity index is 2.16. The largest absolute Gasteiger partial charge is 0.455 e. The fourth-order valence-corrected chi connectivity index (χ4v) is 3.79. The summed E-state index contributed by atoms with van der Waals surface area (Å²) in [6.07, 6.45) is 0. The Bertz CT molecular complexity index is 1050. The van der Waals surface area contributed by atoms with Crippen LogP contribution in [0.5, 0.6) is 11.5 Å². The van der Waals surface area contributed by atoms with Crippen LogP contribution in [0.2, 0.25) is 5.02 Å². The van der Waals surface area contributed by atoms with Gasteiger partial charge in [-0.25, -0.2) is 12.7 Å². The number of nitrogen functional groups attached to an aromatic ring is 1. The van der Waals surface area contributed by atoms with Crippen molar-refractivity contribution in [3.05, 3.63) is 59.6 Å². The minimum atomic E-state index is -3.57. The zero-order chi connectivity index (χ0) is 18.2. The summed E-state index contributed by atoms with van der Waals surface area (Å²) >= 11 is 6.17. The molecule has 130 valence electrons. The van der Waals surface area contributed by atoms with Crippen LogP contribution in [0.3, 0.4) is 0 Å². The first kappa shape index (κ1) is 17.5. The number of halogens is 1. The van der Waals surface area contributed by atoms with Gasteiger partial charge in [-0.2, -0.15) is 0 Å². The van der Waals surface area contributed by atoms with Crippen molar-refractivity contribution in [3.8, 4) is 11.5 Å². The average Bonchev–Trinajstić information content (AvgIpc) is 2.57. The van der Waals surface area contributed by atoms with Gasteiger partial charge in [0.2, 0.25) is 10.0 Å². The van der Waals surface area contributed by atoms with E-state index >= 15 is 0 Å². The van der Waals surface area contributed by atoms with Gasteiger partial charge in [0.05, 0.1) is 9.92 Å². The lowest BCUT2D eigenvalue weighted by Crippen LogP contribution is -2.22. The number of hydrogen-bond acceptors (Lipinski definition) is 4. The number of ether oxygens (including phenoxy) is 1. The fourth-order valence-electron chi connectivity index (χ4n) is 2.47. The van der Waals surface area contributed by atoms with Crippen LogP contribution >= 0.6 is 11.6 Å². The Morgan fingerprint density at radius 3 is 2.24 bits per heavy atom. The van der Waals surface area contributed by atoms with E-state index in [2.05, 4.69) is 0 Å². The predicted molar refractivity (Wildman–Crippen MR) is 101 cm³/mol. The van der Waals surface area contributed by atoms with Gasteiger partial charge >= 0.3 is 0 Å². The Hall–Kier alpha value is -2.28. The van der Waals surface area contributed by atoms with Gasteiger partial charge in [-0.1, -0.05) is 35.9 Å². The zero-order valence-corrected chi connectivity index (χ0v) is 15.3. The average molecular weight is 377 g/mol. The Labute approximate surface area is 151 Å². The summed E-state index contributed by atoms with van der Waals surface area (Å²) in [6, 6.07) is 15.3. The number of fused-ring (bicyclic) bond motifs is 1. The molecule has 0 spiro atoms. The van der Waals surface area contributed by atoms with E-state index in [-0.39, 0.29) is 4.90 Å². The van der Waals surface area contributed by atoms with Crippen LogP contribution in [-0.4, -0.2) is 26.8 Å². The third kappa shape index (κ3) is 3.28. The summed E-state index contributed by atoms with van der Waals surface area (Å²) in [6.45, 7) is 0. The van der Waals surface area contributed by atoms with E-state index in [1.54, 1.807) is 36.4 Å². The smallest absolute Gasteiger partial charge is 0.243 e. The van der Waals surface area contributed by atoms with Gasteiger partial charge in [0.15, 0.2) is 0 Å². The van der Waals surface area contributed by atoms with E-state index in [0.29, 0.717) is 33.0 Å². The maximum absolute atomic E-state index is 12.6. The summed E-state index contributed by atoms with van der Waals surface area (Å²) < 4.78 is 32.2. The van der Waals surface area contributed by atoms with E-state index in [4.69, 9.17) is 22.1 Å². The molecule has 0 unspecified atom stereocenters. The van der Waals surface area contributed by atoms with Crippen molar-refractivity contribution in [2.24, 2.45) is 0 Å². The van der Waals surface area contributed by atoms with E-state index in [9.17, 15) is 8.42 Å². The molecule has 3 aromatic carbocycles. The summed E-state index contributed by atoms with van der Waals surface area (Å²) in [5.41, 5.74) is 6.23. The first-order chi connectivity index (χ1) is 11.8. The van der Waals surface area contributed by atoms with Crippen molar-refractivity contribution < 1.29 is 13.2 Å². The number of sulfonamides is 1. The van der Waals surface area contributed by atoms with Gasteiger partial charge in [0.1, 0.15) is 11.5 Å². The first-order valence-electron chi connectivity index (χ1n) is 7.48. The number of nitrogens with zero attached hydrogens (tertiary/aromatic N) is 1. The molecule has 0 fully saturated rings. The second-order valence-electron chi connectivity index (χ2n) is 5.69. The molecule has 25 heavy (non-hydrogen) atoms. The van der Waals surface area contributed by atoms with Crippen LogP contribution < -0.4 is 10.5 Å². The van der Waals surface area contributed by atoms with Gasteiger partial charge < -0.3 is 10.5 Å². The topological polar surface area (TPSA) is 72.6 Å². The SMILES string of the molecule is CN(C)S(=O)(=O)c1ccc(Oc2ccc(N)cc2Cl)c2ccccc12.